The molecule has 1 saturated heterocycles. The highest BCUT2D eigenvalue weighted by Crippen LogP contribution is 2.23. The molecule has 0 spiro atoms. The van der Waals surface area contributed by atoms with E-state index >= 15 is 0 Å². The lowest BCUT2D eigenvalue weighted by molar-refractivity contribution is 0.0184. The molecular weight excluding hydrogens is 268 g/mol. The highest BCUT2D eigenvalue weighted by atomic mass is 16.6. The highest BCUT2D eigenvalue weighted by Gasteiger charge is 2.27. The van der Waals surface area contributed by atoms with Gasteiger partial charge in [-0.15, -0.1) is 0 Å². The van der Waals surface area contributed by atoms with E-state index in [1.165, 1.54) is 0 Å². The summed E-state index contributed by atoms with van der Waals surface area (Å²) in [6.07, 6.45) is 4.08. The molecule has 0 aromatic carbocycles. The van der Waals surface area contributed by atoms with E-state index in [0.717, 1.165) is 38.0 Å². The van der Waals surface area contributed by atoms with Gasteiger partial charge in [0.25, 0.3) is 0 Å². The number of anilines is 1. The third kappa shape index (κ3) is 4.58. The zero-order valence-corrected chi connectivity index (χ0v) is 13.0. The highest BCUT2D eigenvalue weighted by molar-refractivity contribution is 5.68. The molecule has 1 fully saturated rings. The summed E-state index contributed by atoms with van der Waals surface area (Å²) < 4.78 is 5.39. The Labute approximate surface area is 125 Å². The van der Waals surface area contributed by atoms with Crippen LogP contribution in [0.4, 0.5) is 10.5 Å². The Bertz CT molecular complexity index is 491. The molecule has 2 heterocycles. The minimum Gasteiger partial charge on any atom is -0.444 e. The van der Waals surface area contributed by atoms with Crippen LogP contribution in [0.3, 0.4) is 0 Å². The van der Waals surface area contributed by atoms with Gasteiger partial charge in [-0.3, -0.25) is 0 Å². The summed E-state index contributed by atoms with van der Waals surface area (Å²) in [5.74, 6) is 0.489. The normalized spacial score (nSPS) is 16.8. The van der Waals surface area contributed by atoms with Crippen molar-refractivity contribution in [2.45, 2.75) is 45.6 Å². The maximum absolute atomic E-state index is 12.0. The smallest absolute Gasteiger partial charge is 0.410 e. The summed E-state index contributed by atoms with van der Waals surface area (Å²) in [6, 6.07) is 1.78. The lowest BCUT2D eigenvalue weighted by Gasteiger charge is -2.33. The predicted molar refractivity (Wildman–Crippen MR) is 80.7 cm³/mol. The van der Waals surface area contributed by atoms with Crippen molar-refractivity contribution in [2.24, 2.45) is 5.92 Å². The summed E-state index contributed by atoms with van der Waals surface area (Å²) in [5, 5.41) is 7.97. The van der Waals surface area contributed by atoms with E-state index in [1.807, 2.05) is 20.8 Å². The van der Waals surface area contributed by atoms with Crippen molar-refractivity contribution >= 4 is 11.8 Å². The summed E-state index contributed by atoms with van der Waals surface area (Å²) in [6.45, 7) is 7.09. The Kier molecular flexibility index (Phi) is 4.65. The van der Waals surface area contributed by atoms with Crippen molar-refractivity contribution in [3.63, 3.8) is 0 Å². The van der Waals surface area contributed by atoms with Gasteiger partial charge >= 0.3 is 6.09 Å². The first-order valence-corrected chi connectivity index (χ1v) is 7.39. The van der Waals surface area contributed by atoms with Crippen LogP contribution >= 0.6 is 0 Å². The quantitative estimate of drug-likeness (QED) is 0.904. The number of hydrogen-bond donors (Lipinski definition) is 1. The number of piperidine rings is 1. The lowest BCUT2D eigenvalue weighted by atomic mass is 9.92. The standard InChI is InChI=1S/C15H24N4O2/c1-15(2,3)21-14(20)19-8-5-11(6-9-19)10-13-12(16)4-7-17-18-13/h4,7,11H,5-6,8-10H2,1-3H3,(H2,16,17). The molecule has 0 atom stereocenters. The Balaban J connectivity index is 1.83. The molecule has 6 nitrogen and oxygen atoms in total. The third-order valence-corrected chi connectivity index (χ3v) is 3.58. The molecule has 116 valence electrons. The molecule has 0 unspecified atom stereocenters. The average molecular weight is 292 g/mol. The van der Waals surface area contributed by atoms with Gasteiger partial charge in [-0.1, -0.05) is 0 Å². The van der Waals surface area contributed by atoms with Gasteiger partial charge in [0.05, 0.1) is 17.6 Å². The minimum atomic E-state index is -0.442. The van der Waals surface area contributed by atoms with Crippen LogP contribution in [0.2, 0.25) is 0 Å². The van der Waals surface area contributed by atoms with Crippen LogP contribution in [0.1, 0.15) is 39.3 Å². The van der Waals surface area contributed by atoms with E-state index < -0.39 is 5.60 Å². The summed E-state index contributed by atoms with van der Waals surface area (Å²) in [7, 11) is 0. The number of nitrogens with zero attached hydrogens (tertiary/aromatic N) is 3. The van der Waals surface area contributed by atoms with E-state index in [2.05, 4.69) is 10.2 Å². The van der Waals surface area contributed by atoms with E-state index in [-0.39, 0.29) is 6.09 Å². The van der Waals surface area contributed by atoms with Gasteiger partial charge in [0.1, 0.15) is 5.60 Å². The molecule has 0 aliphatic carbocycles. The molecule has 2 N–H and O–H groups in total. The van der Waals surface area contributed by atoms with Crippen LogP contribution in [-0.4, -0.2) is 39.9 Å². The van der Waals surface area contributed by atoms with Crippen molar-refractivity contribution in [3.05, 3.63) is 18.0 Å². The summed E-state index contributed by atoms with van der Waals surface area (Å²) in [5.41, 5.74) is 7.00. The second kappa shape index (κ2) is 6.28. The second-order valence-electron chi connectivity index (χ2n) is 6.55. The number of carbonyl (C=O) groups is 1. The topological polar surface area (TPSA) is 81.3 Å². The molecule has 1 aromatic rings. The van der Waals surface area contributed by atoms with Gasteiger partial charge in [-0.25, -0.2) is 4.79 Å². The number of amides is 1. The first-order valence-electron chi connectivity index (χ1n) is 7.39. The number of hydrogen-bond acceptors (Lipinski definition) is 5. The molecule has 2 rings (SSSR count). The van der Waals surface area contributed by atoms with Crippen molar-refractivity contribution < 1.29 is 9.53 Å². The van der Waals surface area contributed by atoms with Crippen LogP contribution in [0.15, 0.2) is 12.3 Å². The molecule has 6 heteroatoms. The van der Waals surface area contributed by atoms with Crippen molar-refractivity contribution in [1.82, 2.24) is 15.1 Å². The first-order chi connectivity index (χ1) is 9.85. The number of nitrogens with two attached hydrogens (primary N) is 1. The molecule has 0 saturated carbocycles. The van der Waals surface area contributed by atoms with Gasteiger partial charge in [0.2, 0.25) is 0 Å². The van der Waals surface area contributed by atoms with Crippen molar-refractivity contribution in [3.8, 4) is 0 Å². The zero-order valence-electron chi connectivity index (χ0n) is 13.0. The number of likely N-dealkylation sites (tertiary alicyclic amines) is 1. The average Bonchev–Trinajstić information content (AvgIpc) is 2.40. The SMILES string of the molecule is CC(C)(C)OC(=O)N1CCC(Cc2nnccc2N)CC1. The fraction of sp³-hybridized carbons (Fsp3) is 0.667. The summed E-state index contributed by atoms with van der Waals surface area (Å²) >= 11 is 0. The van der Waals surface area contributed by atoms with Crippen molar-refractivity contribution in [1.29, 1.82) is 0 Å². The molecule has 1 aliphatic heterocycles. The second-order valence-corrected chi connectivity index (χ2v) is 6.55. The Morgan fingerprint density at radius 2 is 2.10 bits per heavy atom. The fourth-order valence-electron chi connectivity index (χ4n) is 2.45. The van der Waals surface area contributed by atoms with Crippen LogP contribution in [-0.2, 0) is 11.2 Å². The molecule has 1 aromatic heterocycles. The Morgan fingerprint density at radius 1 is 1.43 bits per heavy atom. The monoisotopic (exact) mass is 292 g/mol. The molecule has 21 heavy (non-hydrogen) atoms. The maximum Gasteiger partial charge on any atom is 0.410 e. The Morgan fingerprint density at radius 3 is 2.67 bits per heavy atom. The lowest BCUT2D eigenvalue weighted by Crippen LogP contribution is -2.42. The van der Waals surface area contributed by atoms with Crippen LogP contribution in [0, 0.1) is 5.92 Å². The third-order valence-electron chi connectivity index (χ3n) is 3.58. The van der Waals surface area contributed by atoms with E-state index in [9.17, 15) is 4.79 Å². The largest absolute Gasteiger partial charge is 0.444 e. The molecule has 1 aliphatic rings. The van der Waals surface area contributed by atoms with Gasteiger partial charge < -0.3 is 15.4 Å². The van der Waals surface area contributed by atoms with Crippen LogP contribution in [0.25, 0.3) is 0 Å². The predicted octanol–water partition coefficient (Wildman–Crippen LogP) is 2.25. The molecule has 0 radical (unpaired) electrons. The van der Waals surface area contributed by atoms with Crippen molar-refractivity contribution in [2.75, 3.05) is 18.8 Å². The number of nitrogen functional groups attached to an aromatic ring is 1. The number of rotatable bonds is 2. The number of carbonyl (C=O) groups excluding carboxylic acids is 1. The zero-order chi connectivity index (χ0) is 15.5. The fourth-order valence-corrected chi connectivity index (χ4v) is 2.45. The van der Waals surface area contributed by atoms with Gasteiger partial charge in [0, 0.05) is 13.1 Å². The van der Waals surface area contributed by atoms with Gasteiger partial charge in [0.15, 0.2) is 0 Å². The van der Waals surface area contributed by atoms with Gasteiger partial charge in [-0.05, 0) is 52.0 Å². The van der Waals surface area contributed by atoms with E-state index in [0.29, 0.717) is 11.6 Å². The van der Waals surface area contributed by atoms with E-state index in [4.69, 9.17) is 10.5 Å². The Hall–Kier alpha value is -1.85. The van der Waals surface area contributed by atoms with Crippen LogP contribution in [0.5, 0.6) is 0 Å². The van der Waals surface area contributed by atoms with E-state index in [1.54, 1.807) is 17.2 Å². The number of ether oxygens (including phenoxy) is 1. The molecular formula is C15H24N4O2. The minimum absolute atomic E-state index is 0.222. The number of aromatic nitrogens is 2. The first kappa shape index (κ1) is 15.5. The maximum atomic E-state index is 12.0. The van der Waals surface area contributed by atoms with Crippen LogP contribution < -0.4 is 5.73 Å². The summed E-state index contributed by atoms with van der Waals surface area (Å²) in [4.78, 5) is 13.8. The van der Waals surface area contributed by atoms with Gasteiger partial charge in [-0.2, -0.15) is 10.2 Å². The molecule has 1 amide bonds. The molecule has 0 bridgehead atoms.